The summed E-state index contributed by atoms with van der Waals surface area (Å²) in [6, 6.07) is 13.1. The fourth-order valence-corrected chi connectivity index (χ4v) is 5.22. The molecule has 2 aliphatic rings. The Kier molecular flexibility index (Phi) is 7.25. The fraction of sp³-hybridized carbons (Fsp3) is 0.462. The molecule has 0 radical (unpaired) electrons. The summed E-state index contributed by atoms with van der Waals surface area (Å²) < 4.78 is 10.6. The van der Waals surface area contributed by atoms with E-state index in [1.54, 1.807) is 12.0 Å². The topological polar surface area (TPSA) is 59.1 Å². The Labute approximate surface area is 200 Å². The van der Waals surface area contributed by atoms with Gasteiger partial charge in [0.25, 0.3) is 0 Å². The summed E-state index contributed by atoms with van der Waals surface area (Å²) in [5.41, 5.74) is 1.21. The van der Waals surface area contributed by atoms with Crippen molar-refractivity contribution in [3.8, 4) is 5.75 Å². The molecule has 0 saturated carbocycles. The van der Waals surface area contributed by atoms with Crippen LogP contribution < -0.4 is 9.64 Å². The van der Waals surface area contributed by atoms with Gasteiger partial charge in [0.1, 0.15) is 5.75 Å². The predicted molar refractivity (Wildman–Crippen MR) is 129 cm³/mol. The number of methoxy groups -OCH3 is 2. The van der Waals surface area contributed by atoms with E-state index >= 15 is 0 Å². The number of piperidine rings is 1. The van der Waals surface area contributed by atoms with Crippen molar-refractivity contribution in [2.45, 2.75) is 32.1 Å². The molecule has 33 heavy (non-hydrogen) atoms. The molecule has 1 amide bonds. The van der Waals surface area contributed by atoms with Crippen LogP contribution in [-0.4, -0.2) is 57.2 Å². The van der Waals surface area contributed by atoms with Gasteiger partial charge >= 0.3 is 5.97 Å². The van der Waals surface area contributed by atoms with Crippen molar-refractivity contribution < 1.29 is 19.1 Å². The molecule has 6 nitrogen and oxygen atoms in total. The van der Waals surface area contributed by atoms with E-state index < -0.39 is 11.4 Å². The Bertz CT molecular complexity index is 1020. The van der Waals surface area contributed by atoms with Gasteiger partial charge in [0.2, 0.25) is 5.91 Å². The number of benzene rings is 2. The molecule has 1 unspecified atom stereocenters. The highest BCUT2D eigenvalue weighted by atomic mass is 35.5. The average molecular weight is 471 g/mol. The van der Waals surface area contributed by atoms with Crippen LogP contribution in [0.5, 0.6) is 5.75 Å². The minimum absolute atomic E-state index is 0.232. The summed E-state index contributed by atoms with van der Waals surface area (Å²) >= 11 is 6.31. The van der Waals surface area contributed by atoms with Crippen LogP contribution in [0.2, 0.25) is 5.02 Å². The van der Waals surface area contributed by atoms with Crippen molar-refractivity contribution in [2.75, 3.05) is 45.3 Å². The van der Waals surface area contributed by atoms with Gasteiger partial charge in [0.05, 0.1) is 14.2 Å². The molecule has 1 atom stereocenters. The zero-order valence-electron chi connectivity index (χ0n) is 19.3. The lowest BCUT2D eigenvalue weighted by atomic mass is 9.72. The molecule has 1 fully saturated rings. The third kappa shape index (κ3) is 4.87. The molecular formula is C26H31ClN2O4. The first-order chi connectivity index (χ1) is 16.0. The van der Waals surface area contributed by atoms with Crippen LogP contribution in [0.15, 0.2) is 42.5 Å². The average Bonchev–Trinajstić information content (AvgIpc) is 2.84. The van der Waals surface area contributed by atoms with Crippen molar-refractivity contribution in [2.24, 2.45) is 5.41 Å². The van der Waals surface area contributed by atoms with Crippen molar-refractivity contribution >= 4 is 29.2 Å². The number of esters is 1. The van der Waals surface area contributed by atoms with Gasteiger partial charge in [-0.25, -0.2) is 0 Å². The Balaban J connectivity index is 1.72. The minimum atomic E-state index is -1.34. The summed E-state index contributed by atoms with van der Waals surface area (Å²) in [7, 11) is 2.95. The fourth-order valence-electron chi connectivity index (χ4n) is 5.05. The highest BCUT2D eigenvalue weighted by Crippen LogP contribution is 2.42. The second kappa shape index (κ2) is 10.1. The highest BCUT2D eigenvalue weighted by Gasteiger charge is 2.53. The molecule has 0 N–H and O–H groups in total. The molecule has 4 rings (SSSR count). The first-order valence-corrected chi connectivity index (χ1v) is 11.9. The molecular weight excluding hydrogens is 440 g/mol. The van der Waals surface area contributed by atoms with Crippen molar-refractivity contribution in [1.82, 2.24) is 4.90 Å². The second-order valence-corrected chi connectivity index (χ2v) is 9.35. The van der Waals surface area contributed by atoms with Gasteiger partial charge in [-0.15, -0.1) is 0 Å². The number of rotatable bonds is 7. The largest absolute Gasteiger partial charge is 0.497 e. The third-order valence-electron chi connectivity index (χ3n) is 6.79. The van der Waals surface area contributed by atoms with Gasteiger partial charge in [-0.3, -0.25) is 9.59 Å². The van der Waals surface area contributed by atoms with Crippen molar-refractivity contribution in [1.29, 1.82) is 0 Å². The summed E-state index contributed by atoms with van der Waals surface area (Å²) in [6.07, 6.45) is 4.11. The van der Waals surface area contributed by atoms with Crippen LogP contribution >= 0.6 is 11.6 Å². The lowest BCUT2D eigenvalue weighted by molar-refractivity contribution is -0.158. The summed E-state index contributed by atoms with van der Waals surface area (Å²) in [6.45, 7) is 3.34. The lowest BCUT2D eigenvalue weighted by Crippen LogP contribution is -2.56. The molecule has 176 valence electrons. The molecule has 2 aromatic carbocycles. The molecule has 2 aliphatic heterocycles. The Morgan fingerprint density at radius 2 is 1.85 bits per heavy atom. The summed E-state index contributed by atoms with van der Waals surface area (Å²) in [5, 5.41) is 0.572. The summed E-state index contributed by atoms with van der Waals surface area (Å²) in [4.78, 5) is 31.5. The van der Waals surface area contributed by atoms with Crippen LogP contribution in [0.3, 0.4) is 0 Å². The van der Waals surface area contributed by atoms with E-state index in [1.807, 2.05) is 42.5 Å². The monoisotopic (exact) mass is 470 g/mol. The number of ether oxygens (including phenoxy) is 2. The van der Waals surface area contributed by atoms with E-state index in [-0.39, 0.29) is 18.7 Å². The Morgan fingerprint density at radius 3 is 2.58 bits per heavy atom. The van der Waals surface area contributed by atoms with E-state index in [0.717, 1.165) is 36.4 Å². The molecule has 0 spiro atoms. The number of amides is 1. The van der Waals surface area contributed by atoms with Crippen molar-refractivity contribution in [3.05, 3.63) is 58.6 Å². The third-order valence-corrected chi connectivity index (χ3v) is 7.02. The van der Waals surface area contributed by atoms with Gasteiger partial charge in [0.15, 0.2) is 5.41 Å². The molecule has 2 heterocycles. The molecule has 7 heteroatoms. The normalized spacial score (nSPS) is 20.9. The molecule has 2 aromatic rings. The van der Waals surface area contributed by atoms with Gasteiger partial charge in [0, 0.05) is 23.8 Å². The number of carbonyl (C=O) groups is 2. The minimum Gasteiger partial charge on any atom is -0.497 e. The first kappa shape index (κ1) is 23.6. The number of nitrogens with zero attached hydrogens (tertiary/aromatic N) is 2. The standard InChI is InChI=1S/C26H31ClN2O4/c1-32-22-8-6-7-19(15-22)17-26(25(31)33-2)18-20-9-10-21(27)16-23(20)29(24(26)30)14-13-28-11-4-3-5-12-28/h6-10,15-16H,3-5,11-14,17-18H2,1-2H3. The maximum absolute atomic E-state index is 14.1. The predicted octanol–water partition coefficient (Wildman–Crippen LogP) is 4.13. The molecule has 0 aliphatic carbocycles. The number of fused-ring (bicyclic) bond motifs is 1. The molecule has 1 saturated heterocycles. The molecule has 0 bridgehead atoms. The maximum atomic E-state index is 14.1. The SMILES string of the molecule is COC(=O)C1(Cc2cccc(OC)c2)Cc2ccc(Cl)cc2N(CCN2CCCCC2)C1=O. The number of anilines is 1. The van der Waals surface area contributed by atoms with Gasteiger partial charge < -0.3 is 19.3 Å². The smallest absolute Gasteiger partial charge is 0.322 e. The van der Waals surface area contributed by atoms with Crippen LogP contribution in [0, 0.1) is 5.41 Å². The second-order valence-electron chi connectivity index (χ2n) is 8.91. The van der Waals surface area contributed by atoms with Crippen LogP contribution in [0.25, 0.3) is 0 Å². The van der Waals surface area contributed by atoms with E-state index in [2.05, 4.69) is 4.90 Å². The zero-order chi connectivity index (χ0) is 23.4. The maximum Gasteiger partial charge on any atom is 0.322 e. The molecule has 0 aromatic heterocycles. The number of carbonyl (C=O) groups excluding carboxylic acids is 2. The Morgan fingerprint density at radius 1 is 1.06 bits per heavy atom. The number of halogens is 1. The van der Waals surface area contributed by atoms with Crippen LogP contribution in [0.4, 0.5) is 5.69 Å². The quantitative estimate of drug-likeness (QED) is 0.450. The zero-order valence-corrected chi connectivity index (χ0v) is 20.1. The number of hydrogen-bond donors (Lipinski definition) is 0. The van der Waals surface area contributed by atoms with E-state index in [4.69, 9.17) is 21.1 Å². The van der Waals surface area contributed by atoms with Crippen LogP contribution in [-0.2, 0) is 27.2 Å². The van der Waals surface area contributed by atoms with Gasteiger partial charge in [-0.1, -0.05) is 36.2 Å². The highest BCUT2D eigenvalue weighted by molar-refractivity contribution is 6.31. The number of likely N-dealkylation sites (tertiary alicyclic amines) is 1. The van der Waals surface area contributed by atoms with Crippen LogP contribution in [0.1, 0.15) is 30.4 Å². The van der Waals surface area contributed by atoms with Gasteiger partial charge in [-0.2, -0.15) is 0 Å². The lowest BCUT2D eigenvalue weighted by Gasteiger charge is -2.42. The Hall–Kier alpha value is -2.57. The first-order valence-electron chi connectivity index (χ1n) is 11.5. The van der Waals surface area contributed by atoms with E-state index in [0.29, 0.717) is 17.3 Å². The summed E-state index contributed by atoms with van der Waals surface area (Å²) in [5.74, 6) is -0.0623. The van der Waals surface area contributed by atoms with Crippen molar-refractivity contribution in [3.63, 3.8) is 0 Å². The number of hydrogen-bond acceptors (Lipinski definition) is 5. The van der Waals surface area contributed by atoms with Gasteiger partial charge in [-0.05, 0) is 74.2 Å². The van der Waals surface area contributed by atoms with E-state index in [1.165, 1.54) is 26.4 Å². The van der Waals surface area contributed by atoms with E-state index in [9.17, 15) is 9.59 Å².